The van der Waals surface area contributed by atoms with Gasteiger partial charge in [0.15, 0.2) is 0 Å². The van der Waals surface area contributed by atoms with Gasteiger partial charge >= 0.3 is 6.18 Å². The predicted octanol–water partition coefficient (Wildman–Crippen LogP) is 2.57. The van der Waals surface area contributed by atoms with Crippen LogP contribution in [-0.2, 0) is 0 Å². The van der Waals surface area contributed by atoms with E-state index in [0.717, 1.165) is 19.4 Å². The van der Waals surface area contributed by atoms with Gasteiger partial charge in [-0.15, -0.1) is 0 Å². The summed E-state index contributed by atoms with van der Waals surface area (Å²) in [5, 5.41) is 3.11. The first kappa shape index (κ1) is 10.8. The van der Waals surface area contributed by atoms with Crippen molar-refractivity contribution in [1.82, 2.24) is 5.32 Å². The van der Waals surface area contributed by atoms with E-state index in [0.29, 0.717) is 0 Å². The maximum atomic E-state index is 12.3. The van der Waals surface area contributed by atoms with E-state index in [1.165, 1.54) is 6.92 Å². The van der Waals surface area contributed by atoms with Crippen LogP contribution in [0.15, 0.2) is 0 Å². The second-order valence-electron chi connectivity index (χ2n) is 3.89. The number of rotatable bonds is 2. The molecule has 1 saturated heterocycles. The molecule has 3 atom stereocenters. The molecule has 0 saturated carbocycles. The first-order valence-corrected chi connectivity index (χ1v) is 4.73. The molecule has 1 fully saturated rings. The van der Waals surface area contributed by atoms with E-state index in [1.807, 2.05) is 0 Å². The molecule has 1 N–H and O–H groups in total. The van der Waals surface area contributed by atoms with Crippen LogP contribution in [-0.4, -0.2) is 18.8 Å². The number of nitrogens with one attached hydrogen (secondary N) is 1. The zero-order valence-corrected chi connectivity index (χ0v) is 7.99. The molecule has 3 unspecified atom stereocenters. The molecular formula is C9H16F3N. The molecule has 1 rings (SSSR count). The summed E-state index contributed by atoms with van der Waals surface area (Å²) in [6.45, 7) is 3.81. The van der Waals surface area contributed by atoms with Crippen LogP contribution < -0.4 is 5.32 Å². The topological polar surface area (TPSA) is 12.0 Å². The van der Waals surface area contributed by atoms with Crippen LogP contribution >= 0.6 is 0 Å². The van der Waals surface area contributed by atoms with Gasteiger partial charge in [-0.3, -0.25) is 0 Å². The van der Waals surface area contributed by atoms with Crippen molar-refractivity contribution in [2.75, 3.05) is 6.54 Å². The molecule has 0 spiro atoms. The molecule has 1 nitrogen and oxygen atoms in total. The van der Waals surface area contributed by atoms with E-state index < -0.39 is 12.1 Å². The maximum Gasteiger partial charge on any atom is 0.391 e. The van der Waals surface area contributed by atoms with Crippen LogP contribution in [0.2, 0.25) is 0 Å². The highest BCUT2D eigenvalue weighted by molar-refractivity contribution is 4.84. The van der Waals surface area contributed by atoms with Crippen molar-refractivity contribution in [3.8, 4) is 0 Å². The van der Waals surface area contributed by atoms with Crippen molar-refractivity contribution in [3.63, 3.8) is 0 Å². The maximum absolute atomic E-state index is 12.3. The average Bonchev–Trinajstić information content (AvgIpc) is 2.51. The summed E-state index contributed by atoms with van der Waals surface area (Å²) in [6, 6.07) is 0.0524. The quantitative estimate of drug-likeness (QED) is 0.714. The fourth-order valence-corrected chi connectivity index (χ4v) is 1.81. The molecule has 78 valence electrons. The first-order chi connectivity index (χ1) is 5.93. The summed E-state index contributed by atoms with van der Waals surface area (Å²) in [5.74, 6) is -1.52. The second-order valence-corrected chi connectivity index (χ2v) is 3.89. The van der Waals surface area contributed by atoms with Gasteiger partial charge in [-0.25, -0.2) is 0 Å². The highest BCUT2D eigenvalue weighted by atomic mass is 19.4. The summed E-state index contributed by atoms with van der Waals surface area (Å²) in [7, 11) is 0. The lowest BCUT2D eigenvalue weighted by molar-refractivity contribution is -0.184. The Kier molecular flexibility index (Phi) is 3.22. The van der Waals surface area contributed by atoms with Gasteiger partial charge in [0.2, 0.25) is 0 Å². The van der Waals surface area contributed by atoms with Crippen LogP contribution in [0.1, 0.15) is 26.7 Å². The van der Waals surface area contributed by atoms with E-state index in [1.54, 1.807) is 6.92 Å². The van der Waals surface area contributed by atoms with Crippen molar-refractivity contribution in [2.24, 2.45) is 11.8 Å². The van der Waals surface area contributed by atoms with Gasteiger partial charge in [0, 0.05) is 6.04 Å². The molecule has 13 heavy (non-hydrogen) atoms. The van der Waals surface area contributed by atoms with Crippen LogP contribution in [0, 0.1) is 11.8 Å². The minimum absolute atomic E-state index is 0.0524. The number of hydrogen-bond donors (Lipinski definition) is 1. The molecule has 1 aliphatic heterocycles. The molecule has 0 aromatic carbocycles. The van der Waals surface area contributed by atoms with Crippen molar-refractivity contribution < 1.29 is 13.2 Å². The van der Waals surface area contributed by atoms with Gasteiger partial charge < -0.3 is 5.32 Å². The van der Waals surface area contributed by atoms with E-state index in [-0.39, 0.29) is 12.0 Å². The van der Waals surface area contributed by atoms with Crippen LogP contribution in [0.5, 0.6) is 0 Å². The highest BCUT2D eigenvalue weighted by Gasteiger charge is 2.42. The molecule has 0 aromatic heterocycles. The molecule has 0 amide bonds. The third-order valence-corrected chi connectivity index (χ3v) is 3.04. The number of hydrogen-bond acceptors (Lipinski definition) is 1. The zero-order chi connectivity index (χ0) is 10.1. The smallest absolute Gasteiger partial charge is 0.314 e. The van der Waals surface area contributed by atoms with Crippen molar-refractivity contribution in [3.05, 3.63) is 0 Å². The van der Waals surface area contributed by atoms with E-state index in [4.69, 9.17) is 0 Å². The summed E-state index contributed by atoms with van der Waals surface area (Å²) in [6.07, 6.45) is -2.18. The Labute approximate surface area is 76.7 Å². The SMILES string of the molecule is CC(C1CCCN1)C(C)C(F)(F)F. The highest BCUT2D eigenvalue weighted by Crippen LogP contribution is 2.34. The molecule has 0 radical (unpaired) electrons. The average molecular weight is 195 g/mol. The van der Waals surface area contributed by atoms with Gasteiger partial charge in [0.25, 0.3) is 0 Å². The summed E-state index contributed by atoms with van der Waals surface area (Å²) >= 11 is 0. The zero-order valence-electron chi connectivity index (χ0n) is 7.99. The Morgan fingerprint density at radius 3 is 2.31 bits per heavy atom. The Morgan fingerprint density at radius 1 is 1.31 bits per heavy atom. The third kappa shape index (κ3) is 2.59. The van der Waals surface area contributed by atoms with E-state index in [9.17, 15) is 13.2 Å². The van der Waals surface area contributed by atoms with E-state index in [2.05, 4.69) is 5.32 Å². The number of halogens is 3. The predicted molar refractivity (Wildman–Crippen MR) is 45.4 cm³/mol. The molecule has 0 aliphatic carbocycles. The van der Waals surface area contributed by atoms with Gasteiger partial charge in [0.1, 0.15) is 0 Å². The second kappa shape index (κ2) is 3.86. The Hall–Kier alpha value is -0.250. The van der Waals surface area contributed by atoms with Crippen molar-refractivity contribution in [1.29, 1.82) is 0 Å². The fraction of sp³-hybridized carbons (Fsp3) is 1.00. The third-order valence-electron chi connectivity index (χ3n) is 3.04. The Morgan fingerprint density at radius 2 is 1.92 bits per heavy atom. The van der Waals surface area contributed by atoms with Crippen molar-refractivity contribution >= 4 is 0 Å². The molecule has 1 heterocycles. The first-order valence-electron chi connectivity index (χ1n) is 4.73. The largest absolute Gasteiger partial charge is 0.391 e. The van der Waals surface area contributed by atoms with Crippen LogP contribution in [0.3, 0.4) is 0 Å². The van der Waals surface area contributed by atoms with Gasteiger partial charge in [-0.1, -0.05) is 13.8 Å². The van der Waals surface area contributed by atoms with Crippen molar-refractivity contribution in [2.45, 2.75) is 38.9 Å². The van der Waals surface area contributed by atoms with Crippen LogP contribution in [0.4, 0.5) is 13.2 Å². The Balaban J connectivity index is 2.50. The van der Waals surface area contributed by atoms with E-state index >= 15 is 0 Å². The monoisotopic (exact) mass is 195 g/mol. The molecule has 0 bridgehead atoms. The minimum atomic E-state index is -4.05. The van der Waals surface area contributed by atoms with Gasteiger partial charge in [0.05, 0.1) is 5.92 Å². The van der Waals surface area contributed by atoms with Gasteiger partial charge in [-0.2, -0.15) is 13.2 Å². The molecule has 0 aromatic rings. The molecule has 1 aliphatic rings. The summed E-state index contributed by atoms with van der Waals surface area (Å²) < 4.78 is 37.0. The normalized spacial score (nSPS) is 28.8. The Bertz CT molecular complexity index is 161. The lowest BCUT2D eigenvalue weighted by Gasteiger charge is -2.27. The number of alkyl halides is 3. The standard InChI is InChI=1S/C9H16F3N/c1-6(7(2)9(10,11)12)8-4-3-5-13-8/h6-8,13H,3-5H2,1-2H3. The summed E-state index contributed by atoms with van der Waals surface area (Å²) in [5.41, 5.74) is 0. The molecular weight excluding hydrogens is 179 g/mol. The minimum Gasteiger partial charge on any atom is -0.314 e. The lowest BCUT2D eigenvalue weighted by Crippen LogP contribution is -2.38. The lowest BCUT2D eigenvalue weighted by atomic mass is 9.88. The summed E-state index contributed by atoms with van der Waals surface area (Å²) in [4.78, 5) is 0. The van der Waals surface area contributed by atoms with Crippen LogP contribution in [0.25, 0.3) is 0 Å². The fourth-order valence-electron chi connectivity index (χ4n) is 1.81. The van der Waals surface area contributed by atoms with Gasteiger partial charge in [-0.05, 0) is 25.3 Å². The molecule has 4 heteroatoms.